The first-order valence-electron chi connectivity index (χ1n) is 9.60. The average Bonchev–Trinajstić information content (AvgIpc) is 2.94. The number of nitrogens with one attached hydrogen (secondary N) is 1. The van der Waals surface area contributed by atoms with Gasteiger partial charge in [-0.05, 0) is 60.5 Å². The van der Waals surface area contributed by atoms with Crippen LogP contribution in [0.2, 0.25) is 10.0 Å². The summed E-state index contributed by atoms with van der Waals surface area (Å²) < 4.78 is 58.1. The lowest BCUT2D eigenvalue weighted by Gasteiger charge is -2.13. The highest BCUT2D eigenvalue weighted by Gasteiger charge is 2.22. The van der Waals surface area contributed by atoms with E-state index >= 15 is 0 Å². The monoisotopic (exact) mass is 511 g/mol. The van der Waals surface area contributed by atoms with Gasteiger partial charge in [-0.1, -0.05) is 29.3 Å². The van der Waals surface area contributed by atoms with E-state index in [-0.39, 0.29) is 33.1 Å². The van der Waals surface area contributed by atoms with Gasteiger partial charge < -0.3 is 0 Å². The van der Waals surface area contributed by atoms with Crippen LogP contribution in [0.4, 0.5) is 14.5 Å². The summed E-state index contributed by atoms with van der Waals surface area (Å²) in [5, 5.41) is 0.533. The largest absolute Gasteiger partial charge is 0.280 e. The molecule has 0 radical (unpaired) electrons. The molecule has 0 amide bonds. The minimum atomic E-state index is -4.07. The first-order valence-corrected chi connectivity index (χ1v) is 11.8. The molecule has 0 aliphatic rings. The van der Waals surface area contributed by atoms with Gasteiger partial charge in [0.15, 0.2) is 11.6 Å². The van der Waals surface area contributed by atoms with Crippen LogP contribution in [0, 0.1) is 18.6 Å². The summed E-state index contributed by atoms with van der Waals surface area (Å²) in [6.07, 6.45) is 0. The Kier molecular flexibility index (Phi) is 5.98. The molecule has 0 fully saturated rings. The number of fused-ring (bicyclic) bond motifs is 1. The van der Waals surface area contributed by atoms with E-state index in [9.17, 15) is 22.0 Å². The molecule has 3 aromatic carbocycles. The molecule has 4 rings (SSSR count). The Balaban J connectivity index is 1.73. The summed E-state index contributed by atoms with van der Waals surface area (Å²) in [4.78, 5) is 12.7. The summed E-state index contributed by atoms with van der Waals surface area (Å²) in [6, 6.07) is 10.8. The number of anilines is 1. The highest BCUT2D eigenvalue weighted by atomic mass is 35.5. The van der Waals surface area contributed by atoms with Crippen LogP contribution in [-0.4, -0.2) is 17.8 Å². The first-order chi connectivity index (χ1) is 15.5. The van der Waals surface area contributed by atoms with Crippen molar-refractivity contribution in [3.8, 4) is 0 Å². The molecule has 0 aliphatic heterocycles. The SMILES string of the molecule is Cc1cc(Cl)cc(Cl)c1S(=O)(=O)Nc1ccc2c(c1)c(=O)n(C)n2Cc1ccc(F)c(F)c1. The molecular weight excluding hydrogens is 495 g/mol. The Hall–Kier alpha value is -2.88. The summed E-state index contributed by atoms with van der Waals surface area (Å²) in [5.74, 6) is -1.94. The van der Waals surface area contributed by atoms with Gasteiger partial charge in [0.05, 0.1) is 22.5 Å². The van der Waals surface area contributed by atoms with E-state index < -0.39 is 21.7 Å². The molecule has 0 atom stereocenters. The van der Waals surface area contributed by atoms with Crippen molar-refractivity contribution >= 4 is 49.8 Å². The molecule has 33 heavy (non-hydrogen) atoms. The Morgan fingerprint density at radius 3 is 2.39 bits per heavy atom. The third kappa shape index (κ3) is 4.36. The van der Waals surface area contributed by atoms with Crippen LogP contribution in [0.1, 0.15) is 11.1 Å². The fourth-order valence-electron chi connectivity index (χ4n) is 3.68. The third-order valence-electron chi connectivity index (χ3n) is 5.19. The number of aryl methyl sites for hydroxylation is 1. The number of hydrogen-bond donors (Lipinski definition) is 1. The second kappa shape index (κ2) is 8.48. The number of rotatable bonds is 5. The van der Waals surface area contributed by atoms with Gasteiger partial charge in [0.25, 0.3) is 15.6 Å². The van der Waals surface area contributed by atoms with E-state index in [0.717, 1.165) is 12.1 Å². The van der Waals surface area contributed by atoms with Crippen molar-refractivity contribution in [3.05, 3.63) is 91.7 Å². The van der Waals surface area contributed by atoms with Gasteiger partial charge in [-0.25, -0.2) is 17.2 Å². The Bertz CT molecular complexity index is 1560. The van der Waals surface area contributed by atoms with Crippen LogP contribution in [0.15, 0.2) is 58.2 Å². The quantitative estimate of drug-likeness (QED) is 0.405. The van der Waals surface area contributed by atoms with E-state index in [2.05, 4.69) is 4.72 Å². The summed E-state index contributed by atoms with van der Waals surface area (Å²) >= 11 is 12.0. The second-order valence-electron chi connectivity index (χ2n) is 7.51. The number of benzene rings is 3. The fourth-order valence-corrected chi connectivity index (χ4v) is 5.92. The van der Waals surface area contributed by atoms with Crippen molar-refractivity contribution in [1.29, 1.82) is 0 Å². The maximum absolute atomic E-state index is 13.6. The molecule has 4 aromatic rings. The topological polar surface area (TPSA) is 73.1 Å². The van der Waals surface area contributed by atoms with Crippen LogP contribution >= 0.6 is 23.2 Å². The summed E-state index contributed by atoms with van der Waals surface area (Å²) in [5.41, 5.74) is 1.11. The Morgan fingerprint density at radius 1 is 1.00 bits per heavy atom. The van der Waals surface area contributed by atoms with Crippen LogP contribution in [0.25, 0.3) is 10.9 Å². The second-order valence-corrected chi connectivity index (χ2v) is 9.97. The molecule has 1 heterocycles. The molecule has 1 aromatic heterocycles. The zero-order valence-corrected chi connectivity index (χ0v) is 19.7. The molecule has 0 bridgehead atoms. The number of hydrogen-bond acceptors (Lipinski definition) is 3. The Morgan fingerprint density at radius 2 is 1.73 bits per heavy atom. The third-order valence-corrected chi connectivity index (χ3v) is 7.40. The fraction of sp³-hybridized carbons (Fsp3) is 0.136. The van der Waals surface area contributed by atoms with Gasteiger partial charge in [0.1, 0.15) is 4.90 Å². The Labute approximate surface area is 198 Å². The summed E-state index contributed by atoms with van der Waals surface area (Å²) in [7, 11) is -2.54. The van der Waals surface area contributed by atoms with Gasteiger partial charge >= 0.3 is 0 Å². The molecule has 172 valence electrons. The van der Waals surface area contributed by atoms with Crippen molar-refractivity contribution in [2.45, 2.75) is 18.4 Å². The van der Waals surface area contributed by atoms with Crippen molar-refractivity contribution in [1.82, 2.24) is 9.36 Å². The van der Waals surface area contributed by atoms with Crippen LogP contribution in [0.3, 0.4) is 0 Å². The minimum Gasteiger partial charge on any atom is -0.280 e. The van der Waals surface area contributed by atoms with Crippen LogP contribution in [-0.2, 0) is 23.6 Å². The molecular formula is C22H17Cl2F2N3O3S. The minimum absolute atomic E-state index is 0.0258. The van der Waals surface area contributed by atoms with Gasteiger partial charge in [0.2, 0.25) is 0 Å². The van der Waals surface area contributed by atoms with Crippen molar-refractivity contribution < 1.29 is 17.2 Å². The molecule has 0 spiro atoms. The lowest BCUT2D eigenvalue weighted by atomic mass is 10.2. The van der Waals surface area contributed by atoms with Crippen molar-refractivity contribution in [2.24, 2.45) is 7.05 Å². The van der Waals surface area contributed by atoms with Crippen LogP contribution in [0.5, 0.6) is 0 Å². The van der Waals surface area contributed by atoms with Gasteiger partial charge in [0, 0.05) is 17.8 Å². The highest BCUT2D eigenvalue weighted by Crippen LogP contribution is 2.31. The van der Waals surface area contributed by atoms with Gasteiger partial charge in [-0.2, -0.15) is 0 Å². The van der Waals surface area contributed by atoms with Crippen LogP contribution < -0.4 is 10.3 Å². The molecule has 0 saturated heterocycles. The maximum atomic E-state index is 13.6. The van der Waals surface area contributed by atoms with E-state index in [1.54, 1.807) is 17.7 Å². The molecule has 1 N–H and O–H groups in total. The zero-order valence-electron chi connectivity index (χ0n) is 17.4. The number of nitrogens with zero attached hydrogens (tertiary/aromatic N) is 2. The van der Waals surface area contributed by atoms with E-state index in [0.29, 0.717) is 21.7 Å². The molecule has 6 nitrogen and oxygen atoms in total. The van der Waals surface area contributed by atoms with Crippen molar-refractivity contribution in [2.75, 3.05) is 4.72 Å². The molecule has 0 saturated carbocycles. The number of aromatic nitrogens is 2. The zero-order chi connectivity index (χ0) is 24.1. The van der Waals surface area contributed by atoms with Crippen molar-refractivity contribution in [3.63, 3.8) is 0 Å². The van der Waals surface area contributed by atoms with E-state index in [1.165, 1.54) is 42.1 Å². The predicted octanol–water partition coefficient (Wildman–Crippen LogP) is 5.08. The average molecular weight is 512 g/mol. The first kappa shape index (κ1) is 23.3. The predicted molar refractivity (Wildman–Crippen MR) is 125 cm³/mol. The summed E-state index contributed by atoms with van der Waals surface area (Å²) in [6.45, 7) is 1.68. The van der Waals surface area contributed by atoms with Gasteiger partial charge in [-0.15, -0.1) is 0 Å². The molecule has 0 aliphatic carbocycles. The van der Waals surface area contributed by atoms with Gasteiger partial charge in [-0.3, -0.25) is 18.9 Å². The highest BCUT2D eigenvalue weighted by molar-refractivity contribution is 7.92. The molecule has 11 heteroatoms. The normalized spacial score (nSPS) is 11.8. The standard InChI is InChI=1S/C22H17Cl2F2N3O3S/c1-12-7-14(23)9-17(24)21(12)33(31,32)27-15-4-6-20-16(10-15)22(30)28(2)29(20)11-13-3-5-18(25)19(26)8-13/h3-10,27H,11H2,1-2H3. The maximum Gasteiger partial charge on any atom is 0.274 e. The smallest absolute Gasteiger partial charge is 0.274 e. The lowest BCUT2D eigenvalue weighted by molar-refractivity contribution is 0.502. The number of sulfonamides is 1. The number of halogens is 4. The lowest BCUT2D eigenvalue weighted by Crippen LogP contribution is -2.19. The molecule has 0 unspecified atom stereocenters. The van der Waals surface area contributed by atoms with E-state index in [1.807, 2.05) is 0 Å². The van der Waals surface area contributed by atoms with E-state index in [4.69, 9.17) is 23.2 Å².